The molecule has 0 aliphatic carbocycles. The lowest BCUT2D eigenvalue weighted by molar-refractivity contribution is -0.121. The second kappa shape index (κ2) is 11.7. The van der Waals surface area contributed by atoms with Gasteiger partial charge in [-0.3, -0.25) is 4.79 Å². The van der Waals surface area contributed by atoms with Crippen molar-refractivity contribution in [2.45, 2.75) is 24.3 Å². The van der Waals surface area contributed by atoms with E-state index in [1.807, 2.05) is 6.92 Å². The molecule has 0 aliphatic rings. The normalized spacial score (nSPS) is 12.3. The summed E-state index contributed by atoms with van der Waals surface area (Å²) < 4.78 is 34.2. The molecule has 0 saturated carbocycles. The van der Waals surface area contributed by atoms with E-state index in [1.54, 1.807) is 66.7 Å². The Hall–Kier alpha value is -4.54. The fourth-order valence-corrected chi connectivity index (χ4v) is 4.86. The SMILES string of the molecule is Cc1ccc(S(=O)(=O)N[C@@H](CC(=O)N/N=C\c2ccc(-c3ccc(C(=O)O)cc3)o2)c2ccccc2)cc1. The fourth-order valence-electron chi connectivity index (χ4n) is 3.64. The summed E-state index contributed by atoms with van der Waals surface area (Å²) in [5.74, 6) is -0.651. The van der Waals surface area contributed by atoms with Gasteiger partial charge in [0.05, 0.1) is 22.7 Å². The molecule has 194 valence electrons. The lowest BCUT2D eigenvalue weighted by Gasteiger charge is -2.18. The lowest BCUT2D eigenvalue weighted by Crippen LogP contribution is -2.32. The Morgan fingerprint density at radius 2 is 1.63 bits per heavy atom. The van der Waals surface area contributed by atoms with E-state index in [4.69, 9.17) is 9.52 Å². The summed E-state index contributed by atoms with van der Waals surface area (Å²) in [6.45, 7) is 1.86. The highest BCUT2D eigenvalue weighted by Gasteiger charge is 2.23. The van der Waals surface area contributed by atoms with Crippen LogP contribution in [0, 0.1) is 6.92 Å². The third-order valence-corrected chi connectivity index (χ3v) is 7.13. The van der Waals surface area contributed by atoms with E-state index in [9.17, 15) is 18.0 Å². The van der Waals surface area contributed by atoms with E-state index < -0.39 is 27.9 Å². The maximum Gasteiger partial charge on any atom is 0.335 e. The van der Waals surface area contributed by atoms with Crippen LogP contribution in [0.1, 0.15) is 39.7 Å². The number of hydrazone groups is 1. The van der Waals surface area contributed by atoms with Crippen LogP contribution in [-0.2, 0) is 14.8 Å². The molecule has 3 N–H and O–H groups in total. The molecular formula is C28H25N3O6S. The van der Waals surface area contributed by atoms with Gasteiger partial charge in [0.15, 0.2) is 0 Å². The average Bonchev–Trinajstić information content (AvgIpc) is 3.38. The molecule has 4 aromatic rings. The van der Waals surface area contributed by atoms with Crippen LogP contribution in [0.15, 0.2) is 105 Å². The van der Waals surface area contributed by atoms with Crippen LogP contribution in [-0.4, -0.2) is 31.6 Å². The van der Waals surface area contributed by atoms with Crippen molar-refractivity contribution in [1.29, 1.82) is 0 Å². The fraction of sp³-hybridized carbons (Fsp3) is 0.107. The molecule has 1 amide bonds. The highest BCUT2D eigenvalue weighted by atomic mass is 32.2. The van der Waals surface area contributed by atoms with Gasteiger partial charge < -0.3 is 9.52 Å². The number of aromatic carboxylic acids is 1. The van der Waals surface area contributed by atoms with Gasteiger partial charge in [0.2, 0.25) is 15.9 Å². The standard InChI is InChI=1S/C28H25N3O6S/c1-19-7-14-24(15-8-19)38(35,36)31-25(20-5-3-2-4-6-20)17-27(32)30-29-18-23-13-16-26(37-23)21-9-11-22(12-10-21)28(33)34/h2-16,18,25,31H,17H2,1H3,(H,30,32)(H,33,34)/b29-18-/t25-/m0/s1. The number of furan rings is 1. The molecule has 38 heavy (non-hydrogen) atoms. The summed E-state index contributed by atoms with van der Waals surface area (Å²) in [6.07, 6.45) is 1.13. The number of hydrogen-bond donors (Lipinski definition) is 3. The number of hydrogen-bond acceptors (Lipinski definition) is 6. The number of carbonyl (C=O) groups is 2. The molecule has 1 aromatic heterocycles. The van der Waals surface area contributed by atoms with Crippen molar-refractivity contribution in [2.75, 3.05) is 0 Å². The maximum absolute atomic E-state index is 13.0. The monoisotopic (exact) mass is 531 g/mol. The minimum atomic E-state index is -3.88. The number of carboxylic acid groups (broad SMARTS) is 1. The molecule has 0 radical (unpaired) electrons. The largest absolute Gasteiger partial charge is 0.478 e. The van der Waals surface area contributed by atoms with Gasteiger partial charge >= 0.3 is 5.97 Å². The van der Waals surface area contributed by atoms with E-state index in [0.717, 1.165) is 5.56 Å². The first-order chi connectivity index (χ1) is 18.2. The number of carboxylic acids is 1. The summed E-state index contributed by atoms with van der Waals surface area (Å²) in [5, 5.41) is 12.9. The Morgan fingerprint density at radius 3 is 2.29 bits per heavy atom. The van der Waals surface area contributed by atoms with Gasteiger partial charge in [0.25, 0.3) is 0 Å². The van der Waals surface area contributed by atoms with Crippen molar-refractivity contribution in [1.82, 2.24) is 10.1 Å². The molecule has 0 spiro atoms. The van der Waals surface area contributed by atoms with Crippen LogP contribution < -0.4 is 10.1 Å². The van der Waals surface area contributed by atoms with E-state index in [-0.39, 0.29) is 16.9 Å². The Balaban J connectivity index is 1.41. The van der Waals surface area contributed by atoms with E-state index in [0.29, 0.717) is 22.6 Å². The highest BCUT2D eigenvalue weighted by Crippen LogP contribution is 2.23. The number of amides is 1. The van der Waals surface area contributed by atoms with Crippen molar-refractivity contribution in [3.63, 3.8) is 0 Å². The number of nitrogens with zero attached hydrogens (tertiary/aromatic N) is 1. The minimum Gasteiger partial charge on any atom is -0.478 e. The van der Waals surface area contributed by atoms with Gasteiger partial charge in [-0.2, -0.15) is 5.10 Å². The molecule has 1 atom stereocenters. The molecule has 0 aliphatic heterocycles. The Kier molecular flexibility index (Phi) is 8.15. The van der Waals surface area contributed by atoms with Gasteiger partial charge in [0.1, 0.15) is 11.5 Å². The molecule has 0 fully saturated rings. The van der Waals surface area contributed by atoms with Gasteiger partial charge in [-0.1, -0.05) is 60.2 Å². The van der Waals surface area contributed by atoms with Gasteiger partial charge in [-0.05, 0) is 48.9 Å². The highest BCUT2D eigenvalue weighted by molar-refractivity contribution is 7.89. The number of nitrogens with one attached hydrogen (secondary N) is 2. The predicted molar refractivity (Wildman–Crippen MR) is 142 cm³/mol. The van der Waals surface area contributed by atoms with Crippen LogP contribution in [0.25, 0.3) is 11.3 Å². The number of sulfonamides is 1. The molecule has 0 unspecified atom stereocenters. The molecule has 0 saturated heterocycles. The summed E-state index contributed by atoms with van der Waals surface area (Å²) >= 11 is 0. The van der Waals surface area contributed by atoms with Crippen LogP contribution in [0.3, 0.4) is 0 Å². The zero-order valence-electron chi connectivity index (χ0n) is 20.4. The van der Waals surface area contributed by atoms with Crippen molar-refractivity contribution in [3.8, 4) is 11.3 Å². The second-order valence-corrected chi connectivity index (χ2v) is 10.2. The smallest absolute Gasteiger partial charge is 0.335 e. The lowest BCUT2D eigenvalue weighted by atomic mass is 10.0. The quantitative estimate of drug-likeness (QED) is 0.203. The summed E-state index contributed by atoms with van der Waals surface area (Å²) in [6, 6.07) is 24.0. The number of carbonyl (C=O) groups excluding carboxylic acids is 1. The van der Waals surface area contributed by atoms with E-state index in [1.165, 1.54) is 30.5 Å². The van der Waals surface area contributed by atoms with Gasteiger partial charge in [-0.15, -0.1) is 0 Å². The van der Waals surface area contributed by atoms with E-state index >= 15 is 0 Å². The third kappa shape index (κ3) is 6.81. The summed E-state index contributed by atoms with van der Waals surface area (Å²) in [5.41, 5.74) is 4.82. The van der Waals surface area contributed by atoms with Crippen molar-refractivity contribution in [3.05, 3.63) is 113 Å². The van der Waals surface area contributed by atoms with Crippen LogP contribution >= 0.6 is 0 Å². The van der Waals surface area contributed by atoms with Gasteiger partial charge in [0, 0.05) is 12.0 Å². The Bertz CT molecular complexity index is 1540. The Labute approximate surface area is 219 Å². The summed E-state index contributed by atoms with van der Waals surface area (Å²) in [4.78, 5) is 23.8. The first kappa shape index (κ1) is 26.5. The second-order valence-electron chi connectivity index (χ2n) is 8.48. The molecule has 1 heterocycles. The van der Waals surface area contributed by atoms with Crippen LogP contribution in [0.2, 0.25) is 0 Å². The average molecular weight is 532 g/mol. The molecule has 0 bridgehead atoms. The maximum atomic E-state index is 13.0. The summed E-state index contributed by atoms with van der Waals surface area (Å²) in [7, 11) is -3.88. The first-order valence-corrected chi connectivity index (χ1v) is 13.1. The number of rotatable bonds is 10. The third-order valence-electron chi connectivity index (χ3n) is 5.64. The Morgan fingerprint density at radius 1 is 0.947 bits per heavy atom. The van der Waals surface area contributed by atoms with Crippen LogP contribution in [0.4, 0.5) is 0 Å². The molecule has 3 aromatic carbocycles. The van der Waals surface area contributed by atoms with Gasteiger partial charge in [-0.25, -0.2) is 23.4 Å². The number of aryl methyl sites for hydroxylation is 1. The molecule has 10 heteroatoms. The molecule has 9 nitrogen and oxygen atoms in total. The minimum absolute atomic E-state index is 0.105. The van der Waals surface area contributed by atoms with E-state index in [2.05, 4.69) is 15.2 Å². The zero-order chi connectivity index (χ0) is 27.1. The predicted octanol–water partition coefficient (Wildman–Crippen LogP) is 4.51. The molecule has 4 rings (SSSR count). The zero-order valence-corrected chi connectivity index (χ0v) is 21.2. The first-order valence-electron chi connectivity index (χ1n) is 11.6. The van der Waals surface area contributed by atoms with Crippen molar-refractivity contribution in [2.24, 2.45) is 5.10 Å². The van der Waals surface area contributed by atoms with Crippen LogP contribution in [0.5, 0.6) is 0 Å². The van der Waals surface area contributed by atoms with Crippen molar-refractivity contribution < 1.29 is 27.5 Å². The molecular weight excluding hydrogens is 506 g/mol. The topological polar surface area (TPSA) is 138 Å². The van der Waals surface area contributed by atoms with Crippen molar-refractivity contribution >= 4 is 28.1 Å². The number of benzene rings is 3.